The number of carbonyl (C=O) groups is 3. The Morgan fingerprint density at radius 2 is 1.60 bits per heavy atom. The summed E-state index contributed by atoms with van der Waals surface area (Å²) in [6, 6.07) is 7.41. The summed E-state index contributed by atoms with van der Waals surface area (Å²) < 4.78 is 0. The van der Waals surface area contributed by atoms with Crippen molar-refractivity contribution in [1.82, 2.24) is 4.90 Å². The fourth-order valence-corrected chi connectivity index (χ4v) is 6.42. The van der Waals surface area contributed by atoms with E-state index in [-0.39, 0.29) is 57.6 Å². The predicted molar refractivity (Wildman–Crippen MR) is 101 cm³/mol. The summed E-state index contributed by atoms with van der Waals surface area (Å²) in [7, 11) is 0. The molecule has 1 saturated heterocycles. The highest BCUT2D eigenvalue weighted by atomic mass is 79.9. The molecule has 1 N–H and O–H groups in total. The number of aryl methyl sites for hydroxylation is 1. The van der Waals surface area contributed by atoms with Crippen LogP contribution in [0.4, 0.5) is 5.69 Å². The van der Waals surface area contributed by atoms with Gasteiger partial charge in [0, 0.05) is 15.3 Å². The Morgan fingerprint density at radius 3 is 2.12 bits per heavy atom. The second kappa shape index (κ2) is 6.20. The lowest BCUT2D eigenvalue weighted by Gasteiger charge is -2.28. The number of carbonyl (C=O) groups excluding carboxylic acids is 3. The molecule has 7 heteroatoms. The number of nitrogens with one attached hydrogen (secondary N) is 1. The van der Waals surface area contributed by atoms with Gasteiger partial charge in [0.05, 0.1) is 11.8 Å². The second-order valence-electron chi connectivity index (χ2n) is 7.18. The number of hydrogen-bond acceptors (Lipinski definition) is 3. The molecule has 1 aromatic carbocycles. The van der Waals surface area contributed by atoms with E-state index in [0.717, 1.165) is 16.9 Å². The topological polar surface area (TPSA) is 66.5 Å². The molecule has 5 nitrogen and oxygen atoms in total. The fraction of sp³-hybridized carbons (Fsp3) is 0.500. The molecule has 25 heavy (non-hydrogen) atoms. The van der Waals surface area contributed by atoms with Crippen LogP contribution < -0.4 is 5.32 Å². The minimum Gasteiger partial charge on any atom is -0.325 e. The average molecular weight is 470 g/mol. The highest BCUT2D eigenvalue weighted by Gasteiger charge is 2.66. The van der Waals surface area contributed by atoms with Crippen LogP contribution in [-0.4, -0.2) is 38.8 Å². The molecule has 1 aliphatic heterocycles. The summed E-state index contributed by atoms with van der Waals surface area (Å²) in [5.74, 6) is -0.938. The van der Waals surface area contributed by atoms with Gasteiger partial charge >= 0.3 is 0 Å². The first-order valence-electron chi connectivity index (χ1n) is 8.38. The molecule has 1 aromatic rings. The van der Waals surface area contributed by atoms with Gasteiger partial charge in [0.2, 0.25) is 17.7 Å². The smallest absolute Gasteiger partial charge is 0.244 e. The predicted octanol–water partition coefficient (Wildman–Crippen LogP) is 2.71. The molecule has 6 atom stereocenters. The van der Waals surface area contributed by atoms with Crippen LogP contribution in [0.25, 0.3) is 0 Å². The number of benzene rings is 1. The average Bonchev–Trinajstić information content (AvgIpc) is 3.17. The number of halogens is 2. The van der Waals surface area contributed by atoms with Crippen molar-refractivity contribution in [2.75, 3.05) is 11.9 Å². The van der Waals surface area contributed by atoms with Gasteiger partial charge in [0.15, 0.2) is 0 Å². The molecule has 1 heterocycles. The maximum absolute atomic E-state index is 12.8. The van der Waals surface area contributed by atoms with E-state index >= 15 is 0 Å². The van der Waals surface area contributed by atoms with Crippen molar-refractivity contribution in [2.24, 2.45) is 23.7 Å². The summed E-state index contributed by atoms with van der Waals surface area (Å²) in [5.41, 5.74) is 1.76. The van der Waals surface area contributed by atoms with Gasteiger partial charge in [0.25, 0.3) is 0 Å². The summed E-state index contributed by atoms with van der Waals surface area (Å²) in [6.45, 7) is 1.76. The van der Waals surface area contributed by atoms with Gasteiger partial charge in [-0.2, -0.15) is 0 Å². The van der Waals surface area contributed by atoms with E-state index in [1.165, 1.54) is 0 Å². The molecule has 4 rings (SSSR count). The Hall–Kier alpha value is -1.21. The zero-order valence-corrected chi connectivity index (χ0v) is 16.8. The maximum Gasteiger partial charge on any atom is 0.244 e. The Labute approximate surface area is 162 Å². The van der Waals surface area contributed by atoms with Crippen LogP contribution in [0.3, 0.4) is 0 Å². The third-order valence-electron chi connectivity index (χ3n) is 5.72. The lowest BCUT2D eigenvalue weighted by atomic mass is 9.81. The van der Waals surface area contributed by atoms with Crippen LogP contribution >= 0.6 is 31.9 Å². The standard InChI is InChI=1S/C18H18Br2N2O3/c1-8-2-4-9(5-3-8)21-12(23)7-22-17(24)13-10-6-11(14(13)18(22)25)16(20)15(10)19/h2-5,10-11,13-16H,6-7H2,1H3,(H,21,23)/t10-,11+,13-,14+,15-,16+. The van der Waals surface area contributed by atoms with E-state index in [4.69, 9.17) is 0 Å². The van der Waals surface area contributed by atoms with Crippen molar-refractivity contribution in [1.29, 1.82) is 0 Å². The van der Waals surface area contributed by atoms with Gasteiger partial charge in [-0.3, -0.25) is 19.3 Å². The van der Waals surface area contributed by atoms with Crippen molar-refractivity contribution < 1.29 is 14.4 Å². The molecule has 3 amide bonds. The van der Waals surface area contributed by atoms with Crippen LogP contribution in [0.5, 0.6) is 0 Å². The van der Waals surface area contributed by atoms with Gasteiger partial charge in [-0.15, -0.1) is 0 Å². The van der Waals surface area contributed by atoms with Crippen LogP contribution in [0, 0.1) is 30.6 Å². The molecule has 3 fully saturated rings. The van der Waals surface area contributed by atoms with E-state index in [2.05, 4.69) is 37.2 Å². The maximum atomic E-state index is 12.8. The summed E-state index contributed by atoms with van der Waals surface area (Å²) in [4.78, 5) is 39.4. The lowest BCUT2D eigenvalue weighted by Crippen LogP contribution is -2.39. The van der Waals surface area contributed by atoms with Crippen LogP contribution in [-0.2, 0) is 14.4 Å². The molecule has 0 unspecified atom stereocenters. The van der Waals surface area contributed by atoms with Gasteiger partial charge in [-0.05, 0) is 37.3 Å². The summed E-state index contributed by atoms with van der Waals surface area (Å²) >= 11 is 7.31. The van der Waals surface area contributed by atoms with E-state index in [1.54, 1.807) is 12.1 Å². The van der Waals surface area contributed by atoms with E-state index < -0.39 is 0 Å². The van der Waals surface area contributed by atoms with E-state index in [0.29, 0.717) is 5.69 Å². The molecule has 2 aliphatic carbocycles. The number of anilines is 1. The normalized spacial score (nSPS) is 36.0. The lowest BCUT2D eigenvalue weighted by molar-refractivity contribution is -0.143. The van der Waals surface area contributed by atoms with Crippen LogP contribution in [0.2, 0.25) is 0 Å². The number of alkyl halides is 2. The first-order valence-corrected chi connectivity index (χ1v) is 10.2. The summed E-state index contributed by atoms with van der Waals surface area (Å²) in [6.07, 6.45) is 0.891. The van der Waals surface area contributed by atoms with Gasteiger partial charge in [-0.25, -0.2) is 0 Å². The van der Waals surface area contributed by atoms with E-state index in [9.17, 15) is 14.4 Å². The van der Waals surface area contributed by atoms with Crippen LogP contribution in [0.1, 0.15) is 12.0 Å². The molecule has 132 valence electrons. The van der Waals surface area contributed by atoms with Crippen LogP contribution in [0.15, 0.2) is 24.3 Å². The van der Waals surface area contributed by atoms with Crippen molar-refractivity contribution in [3.05, 3.63) is 29.8 Å². The first-order chi connectivity index (χ1) is 11.9. The summed E-state index contributed by atoms with van der Waals surface area (Å²) in [5, 5.41) is 2.75. The zero-order chi connectivity index (χ0) is 17.9. The zero-order valence-electron chi connectivity index (χ0n) is 13.6. The van der Waals surface area contributed by atoms with Crippen molar-refractivity contribution >= 4 is 55.3 Å². The van der Waals surface area contributed by atoms with Gasteiger partial charge in [-0.1, -0.05) is 49.6 Å². The third-order valence-corrected chi connectivity index (χ3v) is 8.92. The minimum atomic E-state index is -0.344. The number of fused-ring (bicyclic) bond motifs is 5. The minimum absolute atomic E-state index is 0.168. The molecular formula is C18H18Br2N2O3. The quantitative estimate of drug-likeness (QED) is 0.546. The largest absolute Gasteiger partial charge is 0.325 e. The molecular weight excluding hydrogens is 452 g/mol. The number of nitrogens with zero attached hydrogens (tertiary/aromatic N) is 1. The van der Waals surface area contributed by atoms with Gasteiger partial charge < -0.3 is 5.32 Å². The monoisotopic (exact) mass is 468 g/mol. The van der Waals surface area contributed by atoms with Crippen molar-refractivity contribution in [3.8, 4) is 0 Å². The first kappa shape index (κ1) is 17.2. The molecule has 0 aromatic heterocycles. The Kier molecular flexibility index (Phi) is 4.27. The van der Waals surface area contributed by atoms with Crippen molar-refractivity contribution in [2.45, 2.75) is 23.0 Å². The third kappa shape index (κ3) is 2.67. The number of imide groups is 1. The van der Waals surface area contributed by atoms with Gasteiger partial charge in [0.1, 0.15) is 6.54 Å². The Morgan fingerprint density at radius 1 is 1.08 bits per heavy atom. The SMILES string of the molecule is Cc1ccc(NC(=O)CN2C(=O)[C@@H]3[C@H]4C[C@H]([C@H](Br)[C@@H]4Br)[C@@H]3C2=O)cc1. The number of hydrogen-bond donors (Lipinski definition) is 1. The number of rotatable bonds is 3. The molecule has 3 aliphatic rings. The Bertz CT molecular complexity index is 719. The Balaban J connectivity index is 1.47. The highest BCUT2D eigenvalue weighted by Crippen LogP contribution is 2.60. The molecule has 2 bridgehead atoms. The number of likely N-dealkylation sites (tertiary alicyclic amines) is 1. The van der Waals surface area contributed by atoms with Crippen molar-refractivity contribution in [3.63, 3.8) is 0 Å². The molecule has 0 spiro atoms. The molecule has 0 radical (unpaired) electrons. The molecule has 2 saturated carbocycles. The van der Waals surface area contributed by atoms with E-state index in [1.807, 2.05) is 19.1 Å². The second-order valence-corrected chi connectivity index (χ2v) is 9.30. The fourth-order valence-electron chi connectivity index (χ4n) is 4.55. The number of amides is 3. The highest BCUT2D eigenvalue weighted by molar-refractivity contribution is 9.12.